The monoisotopic (exact) mass is 322 g/mol. The zero-order valence-electron chi connectivity index (χ0n) is 11.2. The molecule has 1 aliphatic rings. The summed E-state index contributed by atoms with van der Waals surface area (Å²) in [5.74, 6) is 1.04. The first-order valence-electron chi connectivity index (χ1n) is 6.90. The molecule has 0 radical (unpaired) electrons. The van der Waals surface area contributed by atoms with Crippen LogP contribution in [0.5, 0.6) is 0 Å². The summed E-state index contributed by atoms with van der Waals surface area (Å²) in [6.07, 6.45) is 9.20. The number of imidazole rings is 1. The quantitative estimate of drug-likeness (QED) is 0.912. The van der Waals surface area contributed by atoms with Gasteiger partial charge in [0, 0.05) is 22.6 Å². The second kappa shape index (κ2) is 5.21. The minimum Gasteiger partial charge on any atom is -0.341 e. The fraction of sp³-hybridized carbons (Fsp3) is 0.571. The smallest absolute Gasteiger partial charge is 0.177 e. The van der Waals surface area contributed by atoms with Gasteiger partial charge >= 0.3 is 0 Å². The van der Waals surface area contributed by atoms with Crippen LogP contribution in [0.2, 0.25) is 0 Å². The van der Waals surface area contributed by atoms with Gasteiger partial charge in [0.2, 0.25) is 0 Å². The number of fused-ring (bicyclic) bond motifs is 1. The number of halogens is 1. The van der Waals surface area contributed by atoms with Crippen LogP contribution >= 0.6 is 15.9 Å². The van der Waals surface area contributed by atoms with Gasteiger partial charge < -0.3 is 10.3 Å². The van der Waals surface area contributed by atoms with Crippen LogP contribution < -0.4 is 5.32 Å². The van der Waals surface area contributed by atoms with Gasteiger partial charge in [0.15, 0.2) is 5.65 Å². The maximum atomic E-state index is 4.61. The molecule has 0 aliphatic heterocycles. The van der Waals surface area contributed by atoms with Crippen molar-refractivity contribution in [3.05, 3.63) is 22.6 Å². The lowest BCUT2D eigenvalue weighted by Crippen LogP contribution is -2.46. The lowest BCUT2D eigenvalue weighted by atomic mass is 9.79. The molecule has 1 fully saturated rings. The maximum Gasteiger partial charge on any atom is 0.177 e. The second-order valence-electron chi connectivity index (χ2n) is 5.48. The van der Waals surface area contributed by atoms with E-state index in [9.17, 15) is 0 Å². The van der Waals surface area contributed by atoms with Crippen molar-refractivity contribution >= 4 is 27.1 Å². The summed E-state index contributed by atoms with van der Waals surface area (Å²) in [6.45, 7) is 0. The van der Waals surface area contributed by atoms with E-state index in [1.165, 1.54) is 32.1 Å². The lowest BCUT2D eigenvalue weighted by Gasteiger charge is -2.36. The molecule has 2 N–H and O–H groups in total. The predicted molar refractivity (Wildman–Crippen MR) is 80.2 cm³/mol. The third-order valence-electron chi connectivity index (χ3n) is 4.20. The normalized spacial score (nSPS) is 18.8. The summed E-state index contributed by atoms with van der Waals surface area (Å²) in [7, 11) is 2.07. The summed E-state index contributed by atoms with van der Waals surface area (Å²) in [6, 6.07) is 2.03. The van der Waals surface area contributed by atoms with E-state index in [0.717, 1.165) is 27.9 Å². The van der Waals surface area contributed by atoms with E-state index >= 15 is 0 Å². The molecule has 0 bridgehead atoms. The van der Waals surface area contributed by atoms with Crippen molar-refractivity contribution in [2.75, 3.05) is 7.05 Å². The molecule has 2 aromatic heterocycles. The van der Waals surface area contributed by atoms with Crippen molar-refractivity contribution in [2.24, 2.45) is 0 Å². The van der Waals surface area contributed by atoms with E-state index < -0.39 is 0 Å². The number of hydrogen-bond donors (Lipinski definition) is 2. The van der Waals surface area contributed by atoms with Gasteiger partial charge in [0.25, 0.3) is 0 Å². The summed E-state index contributed by atoms with van der Waals surface area (Å²) in [5.41, 5.74) is 2.02. The summed E-state index contributed by atoms with van der Waals surface area (Å²) >= 11 is 3.44. The minimum atomic E-state index is 0.212. The van der Waals surface area contributed by atoms with Crippen LogP contribution in [0.3, 0.4) is 0 Å². The van der Waals surface area contributed by atoms with Crippen LogP contribution in [0.25, 0.3) is 11.2 Å². The van der Waals surface area contributed by atoms with Crippen LogP contribution in [0.15, 0.2) is 16.7 Å². The van der Waals surface area contributed by atoms with Crippen molar-refractivity contribution in [3.63, 3.8) is 0 Å². The Bertz CT molecular complexity index is 572. The Morgan fingerprint density at radius 2 is 2.16 bits per heavy atom. The molecular formula is C14H19BrN4. The van der Waals surface area contributed by atoms with Gasteiger partial charge in [0.05, 0.1) is 5.52 Å². The lowest BCUT2D eigenvalue weighted by molar-refractivity contribution is 0.241. The first-order valence-corrected chi connectivity index (χ1v) is 7.69. The van der Waals surface area contributed by atoms with Crippen LogP contribution in [-0.2, 0) is 6.42 Å². The average Bonchev–Trinajstić information content (AvgIpc) is 2.81. The highest BCUT2D eigenvalue weighted by molar-refractivity contribution is 9.10. The van der Waals surface area contributed by atoms with Crippen LogP contribution in [0.1, 0.15) is 37.9 Å². The zero-order valence-corrected chi connectivity index (χ0v) is 12.8. The van der Waals surface area contributed by atoms with Gasteiger partial charge in [-0.15, -0.1) is 0 Å². The molecule has 0 unspecified atom stereocenters. The van der Waals surface area contributed by atoms with Crippen LogP contribution in [0.4, 0.5) is 0 Å². The predicted octanol–water partition coefficient (Wildman–Crippen LogP) is 3.19. The van der Waals surface area contributed by atoms with Crippen LogP contribution in [-0.4, -0.2) is 27.5 Å². The molecule has 0 saturated heterocycles. The van der Waals surface area contributed by atoms with Crippen molar-refractivity contribution in [2.45, 2.75) is 44.1 Å². The van der Waals surface area contributed by atoms with Gasteiger partial charge in [-0.1, -0.05) is 19.3 Å². The highest BCUT2D eigenvalue weighted by Gasteiger charge is 2.31. The first kappa shape index (κ1) is 13.1. The van der Waals surface area contributed by atoms with E-state index in [2.05, 4.69) is 43.2 Å². The second-order valence-corrected chi connectivity index (χ2v) is 6.39. The third kappa shape index (κ3) is 2.67. The van der Waals surface area contributed by atoms with E-state index in [-0.39, 0.29) is 5.54 Å². The van der Waals surface area contributed by atoms with Gasteiger partial charge in [-0.05, 0) is 41.9 Å². The van der Waals surface area contributed by atoms with Gasteiger partial charge in [-0.25, -0.2) is 9.97 Å². The fourth-order valence-electron chi connectivity index (χ4n) is 3.07. The number of aromatic nitrogens is 3. The number of nitrogens with one attached hydrogen (secondary N) is 2. The molecule has 0 spiro atoms. The van der Waals surface area contributed by atoms with Gasteiger partial charge in [-0.2, -0.15) is 0 Å². The molecule has 1 aliphatic carbocycles. The number of nitrogens with zero attached hydrogens (tertiary/aromatic N) is 2. The minimum absolute atomic E-state index is 0.212. The fourth-order valence-corrected chi connectivity index (χ4v) is 3.40. The molecule has 4 nitrogen and oxygen atoms in total. The van der Waals surface area contributed by atoms with Gasteiger partial charge in [-0.3, -0.25) is 0 Å². The van der Waals surface area contributed by atoms with E-state index in [0.29, 0.717) is 0 Å². The van der Waals surface area contributed by atoms with Crippen molar-refractivity contribution < 1.29 is 0 Å². The Kier molecular flexibility index (Phi) is 3.58. The topological polar surface area (TPSA) is 53.6 Å². The number of likely N-dealkylation sites (N-methyl/N-ethyl adjacent to an activating group) is 1. The summed E-state index contributed by atoms with van der Waals surface area (Å²) in [4.78, 5) is 12.3. The Hall–Kier alpha value is -0.940. The van der Waals surface area contributed by atoms with Crippen molar-refractivity contribution in [1.29, 1.82) is 0 Å². The maximum absolute atomic E-state index is 4.61. The summed E-state index contributed by atoms with van der Waals surface area (Å²) < 4.78 is 0.983. The standard InChI is InChI=1S/C14H19BrN4/c1-16-14(5-3-2-4-6-14)8-12-18-11-7-10(15)9-17-13(11)19-12/h7,9,16H,2-6,8H2,1H3,(H,17,18,19). The number of hydrogen-bond acceptors (Lipinski definition) is 3. The van der Waals surface area contributed by atoms with Crippen molar-refractivity contribution in [1.82, 2.24) is 20.3 Å². The summed E-state index contributed by atoms with van der Waals surface area (Å²) in [5, 5.41) is 3.53. The molecule has 102 valence electrons. The Morgan fingerprint density at radius 3 is 2.89 bits per heavy atom. The Balaban J connectivity index is 1.87. The largest absolute Gasteiger partial charge is 0.341 e. The molecule has 2 aromatic rings. The van der Waals surface area contributed by atoms with E-state index in [1.807, 2.05) is 6.07 Å². The van der Waals surface area contributed by atoms with Crippen molar-refractivity contribution in [3.8, 4) is 0 Å². The van der Waals surface area contributed by atoms with Gasteiger partial charge in [0.1, 0.15) is 5.82 Å². The first-order chi connectivity index (χ1) is 9.21. The highest BCUT2D eigenvalue weighted by Crippen LogP contribution is 2.30. The number of H-pyrrole nitrogens is 1. The molecule has 2 heterocycles. The Morgan fingerprint density at radius 1 is 1.37 bits per heavy atom. The number of aromatic amines is 1. The average molecular weight is 323 g/mol. The highest BCUT2D eigenvalue weighted by atomic mass is 79.9. The number of rotatable bonds is 3. The van der Waals surface area contributed by atoms with E-state index in [1.54, 1.807) is 6.20 Å². The molecule has 0 amide bonds. The number of pyridine rings is 1. The zero-order chi connectivity index (χ0) is 13.3. The molecule has 0 atom stereocenters. The molecule has 5 heteroatoms. The molecule has 0 aromatic carbocycles. The molecule has 3 rings (SSSR count). The molecule has 19 heavy (non-hydrogen) atoms. The van der Waals surface area contributed by atoms with E-state index in [4.69, 9.17) is 0 Å². The molecular weight excluding hydrogens is 304 g/mol. The third-order valence-corrected chi connectivity index (χ3v) is 4.63. The van der Waals surface area contributed by atoms with Crippen LogP contribution in [0, 0.1) is 0 Å². The Labute approximate surface area is 121 Å². The molecule has 1 saturated carbocycles. The SMILES string of the molecule is CNC1(Cc2nc3ncc(Br)cc3[nH]2)CCCCC1.